The number of H-pyrrole nitrogens is 1. The van der Waals surface area contributed by atoms with Crippen LogP contribution in [0, 0.1) is 5.92 Å². The highest BCUT2D eigenvalue weighted by Gasteiger charge is 2.18. The van der Waals surface area contributed by atoms with E-state index in [1.54, 1.807) is 0 Å². The van der Waals surface area contributed by atoms with Crippen molar-refractivity contribution in [2.75, 3.05) is 26.7 Å². The lowest BCUT2D eigenvalue weighted by molar-refractivity contribution is 0.197. The van der Waals surface area contributed by atoms with Crippen LogP contribution < -0.4 is 5.32 Å². The molecule has 0 aliphatic carbocycles. The first kappa shape index (κ1) is 14.6. The zero-order valence-electron chi connectivity index (χ0n) is 10.8. The van der Waals surface area contributed by atoms with Crippen LogP contribution in [0.3, 0.4) is 0 Å². The molecular formula is C13H24ClN3. The minimum Gasteiger partial charge on any atom is -0.364 e. The van der Waals surface area contributed by atoms with E-state index in [2.05, 4.69) is 41.3 Å². The second-order valence-electron chi connectivity index (χ2n) is 4.95. The molecule has 1 aromatic rings. The fourth-order valence-corrected chi connectivity index (χ4v) is 2.49. The Morgan fingerprint density at radius 1 is 1.53 bits per heavy atom. The summed E-state index contributed by atoms with van der Waals surface area (Å²) in [7, 11) is 2.22. The van der Waals surface area contributed by atoms with Gasteiger partial charge in [0.2, 0.25) is 0 Å². The zero-order chi connectivity index (χ0) is 11.4. The van der Waals surface area contributed by atoms with Gasteiger partial charge >= 0.3 is 0 Å². The van der Waals surface area contributed by atoms with E-state index in [0.717, 1.165) is 5.92 Å². The van der Waals surface area contributed by atoms with Crippen molar-refractivity contribution in [2.24, 2.45) is 5.92 Å². The summed E-state index contributed by atoms with van der Waals surface area (Å²) in [4.78, 5) is 5.75. The predicted molar refractivity (Wildman–Crippen MR) is 74.7 cm³/mol. The molecule has 2 N–H and O–H groups in total. The standard InChI is InChI=1S/C13H23N3.ClH/c1-11(13-6-4-8-15-13)16(2)10-12-5-3-7-14-9-12;/h4,6,8,11-12,14-15H,3,5,7,9-10H2,1-2H3;1H. The highest BCUT2D eigenvalue weighted by Crippen LogP contribution is 2.19. The van der Waals surface area contributed by atoms with Gasteiger partial charge < -0.3 is 10.3 Å². The predicted octanol–water partition coefficient (Wildman–Crippen LogP) is 2.43. The minimum absolute atomic E-state index is 0. The average Bonchev–Trinajstić information content (AvgIpc) is 2.83. The molecule has 1 fully saturated rings. The van der Waals surface area contributed by atoms with Crippen LogP contribution in [0.15, 0.2) is 18.3 Å². The summed E-state index contributed by atoms with van der Waals surface area (Å²) in [5.41, 5.74) is 1.31. The highest BCUT2D eigenvalue weighted by atomic mass is 35.5. The van der Waals surface area contributed by atoms with E-state index < -0.39 is 0 Å². The Morgan fingerprint density at radius 2 is 2.35 bits per heavy atom. The number of halogens is 1. The van der Waals surface area contributed by atoms with Crippen LogP contribution in [0.25, 0.3) is 0 Å². The minimum atomic E-state index is 0. The molecule has 2 rings (SSSR count). The second kappa shape index (κ2) is 7.04. The number of aromatic nitrogens is 1. The van der Waals surface area contributed by atoms with Crippen molar-refractivity contribution in [2.45, 2.75) is 25.8 Å². The first-order valence-electron chi connectivity index (χ1n) is 6.31. The van der Waals surface area contributed by atoms with Gasteiger partial charge in [0.05, 0.1) is 0 Å². The first-order valence-corrected chi connectivity index (χ1v) is 6.31. The lowest BCUT2D eigenvalue weighted by Crippen LogP contribution is -2.37. The third-order valence-electron chi connectivity index (χ3n) is 3.68. The molecule has 2 unspecified atom stereocenters. The van der Waals surface area contributed by atoms with Gasteiger partial charge in [-0.15, -0.1) is 12.4 Å². The first-order chi connectivity index (χ1) is 7.77. The Kier molecular flexibility index (Phi) is 6.03. The van der Waals surface area contributed by atoms with Gasteiger partial charge in [0.1, 0.15) is 0 Å². The van der Waals surface area contributed by atoms with E-state index >= 15 is 0 Å². The van der Waals surface area contributed by atoms with Crippen molar-refractivity contribution in [1.82, 2.24) is 15.2 Å². The second-order valence-corrected chi connectivity index (χ2v) is 4.95. The van der Waals surface area contributed by atoms with Gasteiger partial charge in [-0.3, -0.25) is 4.90 Å². The normalized spacial score (nSPS) is 22.2. The van der Waals surface area contributed by atoms with Gasteiger partial charge in [0.15, 0.2) is 0 Å². The number of rotatable bonds is 4. The van der Waals surface area contributed by atoms with E-state index in [-0.39, 0.29) is 12.4 Å². The van der Waals surface area contributed by atoms with Crippen LogP contribution in [0.2, 0.25) is 0 Å². The van der Waals surface area contributed by atoms with Gasteiger partial charge in [-0.1, -0.05) is 0 Å². The molecule has 0 amide bonds. The Balaban J connectivity index is 0.00000144. The third-order valence-corrected chi connectivity index (χ3v) is 3.68. The van der Waals surface area contributed by atoms with Crippen LogP contribution in [0.1, 0.15) is 31.5 Å². The van der Waals surface area contributed by atoms with Crippen LogP contribution in [-0.2, 0) is 0 Å². The van der Waals surface area contributed by atoms with Crippen LogP contribution >= 0.6 is 12.4 Å². The Morgan fingerprint density at radius 3 is 2.94 bits per heavy atom. The summed E-state index contributed by atoms with van der Waals surface area (Å²) in [5, 5.41) is 3.48. The molecule has 1 aromatic heterocycles. The van der Waals surface area contributed by atoms with Crippen molar-refractivity contribution in [3.8, 4) is 0 Å². The molecule has 98 valence electrons. The van der Waals surface area contributed by atoms with Crippen molar-refractivity contribution in [3.05, 3.63) is 24.0 Å². The van der Waals surface area contributed by atoms with Gasteiger partial charge in [0, 0.05) is 24.5 Å². The lowest BCUT2D eigenvalue weighted by atomic mass is 9.98. The van der Waals surface area contributed by atoms with Crippen LogP contribution in [-0.4, -0.2) is 36.6 Å². The topological polar surface area (TPSA) is 31.1 Å². The average molecular weight is 258 g/mol. The van der Waals surface area contributed by atoms with E-state index in [1.165, 1.54) is 38.2 Å². The zero-order valence-corrected chi connectivity index (χ0v) is 11.6. The molecule has 3 nitrogen and oxygen atoms in total. The molecule has 0 spiro atoms. The Hall–Kier alpha value is -0.510. The van der Waals surface area contributed by atoms with Gasteiger partial charge in [-0.2, -0.15) is 0 Å². The molecule has 0 aromatic carbocycles. The van der Waals surface area contributed by atoms with Crippen molar-refractivity contribution < 1.29 is 0 Å². The maximum atomic E-state index is 3.48. The maximum Gasteiger partial charge on any atom is 0.0467 e. The van der Waals surface area contributed by atoms with Crippen molar-refractivity contribution in [3.63, 3.8) is 0 Å². The molecule has 0 bridgehead atoms. The number of nitrogens with zero attached hydrogens (tertiary/aromatic N) is 1. The molecule has 1 aliphatic rings. The van der Waals surface area contributed by atoms with Gasteiger partial charge in [0.25, 0.3) is 0 Å². The Bertz CT molecular complexity index is 294. The van der Waals surface area contributed by atoms with E-state index in [1.807, 2.05) is 6.20 Å². The fourth-order valence-electron chi connectivity index (χ4n) is 2.49. The summed E-state index contributed by atoms with van der Waals surface area (Å²) >= 11 is 0. The SMILES string of the molecule is CC(c1ccc[nH]1)N(C)CC1CCCNC1.Cl. The number of nitrogens with one attached hydrogen (secondary N) is 2. The maximum absolute atomic E-state index is 3.48. The van der Waals surface area contributed by atoms with E-state index in [0.29, 0.717) is 6.04 Å². The number of piperidine rings is 1. The van der Waals surface area contributed by atoms with E-state index in [4.69, 9.17) is 0 Å². The largest absolute Gasteiger partial charge is 0.364 e. The molecule has 2 atom stereocenters. The lowest BCUT2D eigenvalue weighted by Gasteiger charge is -2.31. The molecule has 1 saturated heterocycles. The number of hydrogen-bond acceptors (Lipinski definition) is 2. The van der Waals surface area contributed by atoms with Crippen LogP contribution in [0.5, 0.6) is 0 Å². The third kappa shape index (κ3) is 4.02. The van der Waals surface area contributed by atoms with E-state index in [9.17, 15) is 0 Å². The Labute approximate surface area is 110 Å². The number of hydrogen-bond donors (Lipinski definition) is 2. The monoisotopic (exact) mass is 257 g/mol. The summed E-state index contributed by atoms with van der Waals surface area (Å²) in [6.07, 6.45) is 4.70. The fraction of sp³-hybridized carbons (Fsp3) is 0.692. The molecule has 0 radical (unpaired) electrons. The van der Waals surface area contributed by atoms with Gasteiger partial charge in [-0.25, -0.2) is 0 Å². The summed E-state index contributed by atoms with van der Waals surface area (Å²) in [5.74, 6) is 0.816. The number of aromatic amines is 1. The molecule has 17 heavy (non-hydrogen) atoms. The summed E-state index contributed by atoms with van der Waals surface area (Å²) in [6, 6.07) is 4.72. The highest BCUT2D eigenvalue weighted by molar-refractivity contribution is 5.85. The molecular weight excluding hydrogens is 234 g/mol. The molecule has 1 aliphatic heterocycles. The van der Waals surface area contributed by atoms with Gasteiger partial charge in [-0.05, 0) is 58.0 Å². The summed E-state index contributed by atoms with van der Waals surface area (Å²) < 4.78 is 0. The molecule has 2 heterocycles. The van der Waals surface area contributed by atoms with Crippen molar-refractivity contribution in [1.29, 1.82) is 0 Å². The molecule has 0 saturated carbocycles. The van der Waals surface area contributed by atoms with Crippen LogP contribution in [0.4, 0.5) is 0 Å². The smallest absolute Gasteiger partial charge is 0.0467 e. The quantitative estimate of drug-likeness (QED) is 0.868. The van der Waals surface area contributed by atoms with Crippen molar-refractivity contribution >= 4 is 12.4 Å². The molecule has 4 heteroatoms. The summed E-state index contributed by atoms with van der Waals surface area (Å²) in [6.45, 7) is 5.84.